The topological polar surface area (TPSA) is 44.4 Å². The van der Waals surface area contributed by atoms with Crippen LogP contribution in [0.2, 0.25) is 0 Å². The Balaban J connectivity index is 1.20. The average Bonchev–Trinajstić information content (AvgIpc) is 3.20. The fraction of sp³-hybridized carbons (Fsp3) is 0.722. The molecular formula is C18H27N3OS. The molecule has 1 saturated heterocycles. The molecule has 4 nitrogen and oxygen atoms in total. The number of hydrogen-bond acceptors (Lipinski definition) is 4. The van der Waals surface area contributed by atoms with Crippen LogP contribution in [0.5, 0.6) is 0 Å². The number of nitrogens with one attached hydrogen (secondary N) is 2. The van der Waals surface area contributed by atoms with Gasteiger partial charge in [-0.3, -0.25) is 9.69 Å². The number of thiophene rings is 1. The minimum absolute atomic E-state index is 0.0490. The maximum Gasteiger partial charge on any atom is 0.237 e. The fourth-order valence-corrected chi connectivity index (χ4v) is 5.37. The Morgan fingerprint density at radius 3 is 3.22 bits per heavy atom. The van der Waals surface area contributed by atoms with Gasteiger partial charge in [-0.2, -0.15) is 0 Å². The van der Waals surface area contributed by atoms with E-state index in [0.29, 0.717) is 6.04 Å². The van der Waals surface area contributed by atoms with Crippen molar-refractivity contribution >= 4 is 17.2 Å². The highest BCUT2D eigenvalue weighted by atomic mass is 32.1. The molecule has 1 aromatic heterocycles. The number of rotatable bonds is 4. The van der Waals surface area contributed by atoms with Crippen LogP contribution >= 0.6 is 11.3 Å². The van der Waals surface area contributed by atoms with E-state index < -0.39 is 0 Å². The lowest BCUT2D eigenvalue weighted by Gasteiger charge is -2.27. The third-order valence-corrected chi connectivity index (χ3v) is 6.82. The van der Waals surface area contributed by atoms with Crippen LogP contribution in [0.15, 0.2) is 11.4 Å². The first-order chi connectivity index (χ1) is 11.3. The molecule has 2 N–H and O–H groups in total. The third-order valence-electron chi connectivity index (χ3n) is 5.79. The van der Waals surface area contributed by atoms with Gasteiger partial charge in [-0.1, -0.05) is 12.8 Å². The molecule has 23 heavy (non-hydrogen) atoms. The molecule has 3 aliphatic rings. The first-order valence-corrected chi connectivity index (χ1v) is 9.99. The Morgan fingerprint density at radius 2 is 2.30 bits per heavy atom. The number of hydrogen-bond donors (Lipinski definition) is 2. The summed E-state index contributed by atoms with van der Waals surface area (Å²) >= 11 is 1.88. The van der Waals surface area contributed by atoms with E-state index in [2.05, 4.69) is 27.0 Å². The smallest absolute Gasteiger partial charge is 0.237 e. The second-order valence-corrected chi connectivity index (χ2v) is 8.29. The molecule has 3 unspecified atom stereocenters. The van der Waals surface area contributed by atoms with E-state index in [4.69, 9.17) is 0 Å². The Bertz CT molecular complexity index is 544. The average molecular weight is 334 g/mol. The molecule has 5 heteroatoms. The van der Waals surface area contributed by atoms with Crippen molar-refractivity contribution in [2.24, 2.45) is 5.92 Å². The summed E-state index contributed by atoms with van der Waals surface area (Å²) in [6.45, 7) is 3.89. The third kappa shape index (κ3) is 3.47. The molecule has 0 radical (unpaired) electrons. The van der Waals surface area contributed by atoms with Crippen molar-refractivity contribution in [1.29, 1.82) is 0 Å². The molecule has 2 fully saturated rings. The lowest BCUT2D eigenvalue weighted by atomic mass is 9.85. The van der Waals surface area contributed by atoms with Crippen molar-refractivity contribution in [1.82, 2.24) is 15.5 Å². The molecule has 126 valence electrons. The molecule has 0 spiro atoms. The highest BCUT2D eigenvalue weighted by molar-refractivity contribution is 7.10. The van der Waals surface area contributed by atoms with Crippen molar-refractivity contribution < 1.29 is 4.79 Å². The van der Waals surface area contributed by atoms with Crippen molar-refractivity contribution in [3.05, 3.63) is 21.9 Å². The van der Waals surface area contributed by atoms with Crippen molar-refractivity contribution in [2.45, 2.75) is 57.2 Å². The second-order valence-electron chi connectivity index (χ2n) is 7.29. The van der Waals surface area contributed by atoms with Gasteiger partial charge in [0.2, 0.25) is 5.91 Å². The van der Waals surface area contributed by atoms with Crippen LogP contribution in [-0.4, -0.2) is 42.5 Å². The molecule has 4 rings (SSSR count). The lowest BCUT2D eigenvalue weighted by molar-refractivity contribution is -0.122. The SMILES string of the molecule is O=C(NCCN1CCc2sccc2C1)C1CC2CCCCC2N1. The first kappa shape index (κ1) is 15.6. The Labute approximate surface area is 142 Å². The van der Waals surface area contributed by atoms with E-state index in [1.54, 1.807) is 4.88 Å². The van der Waals surface area contributed by atoms with Gasteiger partial charge in [0.05, 0.1) is 6.04 Å². The number of nitrogens with zero attached hydrogens (tertiary/aromatic N) is 1. The lowest BCUT2D eigenvalue weighted by Crippen LogP contribution is -2.45. The van der Waals surface area contributed by atoms with E-state index in [1.165, 1.54) is 31.2 Å². The molecule has 0 aromatic carbocycles. The van der Waals surface area contributed by atoms with E-state index in [9.17, 15) is 4.79 Å². The summed E-state index contributed by atoms with van der Waals surface area (Å²) in [5, 5.41) is 8.92. The molecule has 3 heterocycles. The van der Waals surface area contributed by atoms with E-state index in [0.717, 1.165) is 44.9 Å². The van der Waals surface area contributed by atoms with Crippen LogP contribution in [0.1, 0.15) is 42.5 Å². The van der Waals surface area contributed by atoms with Gasteiger partial charge >= 0.3 is 0 Å². The van der Waals surface area contributed by atoms with Gasteiger partial charge < -0.3 is 10.6 Å². The summed E-state index contributed by atoms with van der Waals surface area (Å²) in [4.78, 5) is 16.4. The summed E-state index contributed by atoms with van der Waals surface area (Å²) in [5.74, 6) is 0.950. The monoisotopic (exact) mass is 333 g/mol. The van der Waals surface area contributed by atoms with E-state index in [-0.39, 0.29) is 11.9 Å². The molecule has 1 aromatic rings. The Kier molecular flexibility index (Phi) is 4.69. The summed E-state index contributed by atoms with van der Waals surface area (Å²) in [5.41, 5.74) is 1.48. The van der Waals surface area contributed by atoms with Gasteiger partial charge in [0, 0.05) is 37.1 Å². The van der Waals surface area contributed by atoms with Crippen LogP contribution in [0.3, 0.4) is 0 Å². The van der Waals surface area contributed by atoms with Gasteiger partial charge in [0.25, 0.3) is 0 Å². The minimum atomic E-state index is 0.0490. The summed E-state index contributed by atoms with van der Waals surface area (Å²) in [6.07, 6.45) is 7.43. The summed E-state index contributed by atoms with van der Waals surface area (Å²) in [7, 11) is 0. The predicted molar refractivity (Wildman–Crippen MR) is 93.6 cm³/mol. The van der Waals surface area contributed by atoms with Crippen LogP contribution in [0.25, 0.3) is 0 Å². The highest BCUT2D eigenvalue weighted by Gasteiger charge is 2.38. The molecular weight excluding hydrogens is 306 g/mol. The zero-order chi connectivity index (χ0) is 15.6. The highest BCUT2D eigenvalue weighted by Crippen LogP contribution is 2.33. The number of amides is 1. The maximum absolute atomic E-state index is 12.4. The molecule has 0 bridgehead atoms. The second kappa shape index (κ2) is 6.91. The Morgan fingerprint density at radius 1 is 1.39 bits per heavy atom. The van der Waals surface area contributed by atoms with E-state index in [1.807, 2.05) is 11.3 Å². The molecule has 1 saturated carbocycles. The normalized spacial score (nSPS) is 30.7. The molecule has 1 aliphatic carbocycles. The maximum atomic E-state index is 12.4. The van der Waals surface area contributed by atoms with Crippen LogP contribution in [0, 0.1) is 5.92 Å². The van der Waals surface area contributed by atoms with Gasteiger partial charge in [-0.25, -0.2) is 0 Å². The van der Waals surface area contributed by atoms with Crippen LogP contribution in [-0.2, 0) is 17.8 Å². The largest absolute Gasteiger partial charge is 0.353 e. The van der Waals surface area contributed by atoms with Gasteiger partial charge in [-0.05, 0) is 48.6 Å². The first-order valence-electron chi connectivity index (χ1n) is 9.11. The number of carbonyl (C=O) groups excluding carboxylic acids is 1. The van der Waals surface area contributed by atoms with Gasteiger partial charge in [0.1, 0.15) is 0 Å². The van der Waals surface area contributed by atoms with Crippen molar-refractivity contribution in [3.8, 4) is 0 Å². The summed E-state index contributed by atoms with van der Waals surface area (Å²) in [6, 6.07) is 2.89. The number of carbonyl (C=O) groups is 1. The predicted octanol–water partition coefficient (Wildman–Crippen LogP) is 2.14. The molecule has 3 atom stereocenters. The fourth-order valence-electron chi connectivity index (χ4n) is 4.48. The minimum Gasteiger partial charge on any atom is -0.353 e. The molecule has 2 aliphatic heterocycles. The van der Waals surface area contributed by atoms with E-state index >= 15 is 0 Å². The zero-order valence-electron chi connectivity index (χ0n) is 13.7. The van der Waals surface area contributed by atoms with Gasteiger partial charge in [-0.15, -0.1) is 11.3 Å². The van der Waals surface area contributed by atoms with Crippen LogP contribution in [0.4, 0.5) is 0 Å². The standard InChI is InChI=1S/C18H27N3OS/c22-18(16-11-13-3-1-2-4-15(13)20-16)19-7-9-21-8-5-17-14(12-21)6-10-23-17/h6,10,13,15-16,20H,1-5,7-9,11-12H2,(H,19,22). The Hall–Kier alpha value is -0.910. The van der Waals surface area contributed by atoms with Crippen molar-refractivity contribution in [2.75, 3.05) is 19.6 Å². The summed E-state index contributed by atoms with van der Waals surface area (Å²) < 4.78 is 0. The van der Waals surface area contributed by atoms with Gasteiger partial charge in [0.15, 0.2) is 0 Å². The number of fused-ring (bicyclic) bond motifs is 2. The quantitative estimate of drug-likeness (QED) is 0.887. The van der Waals surface area contributed by atoms with Crippen LogP contribution < -0.4 is 10.6 Å². The zero-order valence-corrected chi connectivity index (χ0v) is 14.5. The van der Waals surface area contributed by atoms with Crippen molar-refractivity contribution in [3.63, 3.8) is 0 Å². The molecule has 1 amide bonds.